The second kappa shape index (κ2) is 5.62. The van der Waals surface area contributed by atoms with E-state index in [1.807, 2.05) is 26.8 Å². The second-order valence-corrected chi connectivity index (χ2v) is 11.0. The molecule has 2 heterocycles. The van der Waals surface area contributed by atoms with E-state index in [0.29, 0.717) is 34.5 Å². The zero-order chi connectivity index (χ0) is 23.3. The molecule has 0 atom stereocenters. The van der Waals surface area contributed by atoms with E-state index in [1.54, 1.807) is 6.07 Å². The molecule has 29 heavy (non-hydrogen) atoms. The summed E-state index contributed by atoms with van der Waals surface area (Å²) in [6.07, 6.45) is 0. The molecule has 0 spiro atoms. The molecule has 4 heteroatoms. The normalized spacial score (nSPS) is 20.4. The van der Waals surface area contributed by atoms with Gasteiger partial charge in [-0.15, -0.1) is 0 Å². The summed E-state index contributed by atoms with van der Waals surface area (Å²) in [5, 5.41) is 0. The van der Waals surface area contributed by atoms with Gasteiger partial charge in [0.05, 0.1) is 19.3 Å². The minimum atomic E-state index is -0.294. The van der Waals surface area contributed by atoms with Crippen LogP contribution in [0.5, 0.6) is 0 Å². The van der Waals surface area contributed by atoms with Gasteiger partial charge in [0.25, 0.3) is 5.56 Å². The highest BCUT2D eigenvalue weighted by atomic mass is 16.1. The minimum absolute atomic E-state index is 0.143. The lowest BCUT2D eigenvalue weighted by Gasteiger charge is -2.44. The van der Waals surface area contributed by atoms with E-state index in [4.69, 9.17) is 2.74 Å². The van der Waals surface area contributed by atoms with E-state index in [2.05, 4.69) is 56.5 Å². The third-order valence-electron chi connectivity index (χ3n) is 7.79. The molecule has 0 unspecified atom stereocenters. The molecule has 1 aromatic carbocycles. The third kappa shape index (κ3) is 2.57. The van der Waals surface area contributed by atoms with Crippen LogP contribution < -0.4 is 5.56 Å². The number of fused-ring (bicyclic) bond motifs is 2. The average molecular weight is 394 g/mol. The summed E-state index contributed by atoms with van der Waals surface area (Å²) in [4.78, 5) is 23.6. The van der Waals surface area contributed by atoms with Crippen LogP contribution in [0.1, 0.15) is 81.9 Å². The summed E-state index contributed by atoms with van der Waals surface area (Å²) >= 11 is 0. The van der Waals surface area contributed by atoms with Gasteiger partial charge in [0.1, 0.15) is 5.82 Å². The summed E-state index contributed by atoms with van der Waals surface area (Å²) < 4.78 is 18.1. The van der Waals surface area contributed by atoms with Crippen LogP contribution >= 0.6 is 0 Å². The topological polar surface area (TPSA) is 61.5 Å². The molecule has 2 aromatic heterocycles. The molecular formula is C25H33N3O. The first kappa shape index (κ1) is 17.5. The van der Waals surface area contributed by atoms with Crippen molar-refractivity contribution in [2.75, 3.05) is 0 Å². The molecule has 0 saturated carbocycles. The van der Waals surface area contributed by atoms with Crippen molar-refractivity contribution in [2.24, 2.45) is 5.41 Å². The Bertz CT molecular complexity index is 1230. The van der Waals surface area contributed by atoms with E-state index in [0.717, 1.165) is 16.8 Å². The zero-order valence-electron chi connectivity index (χ0n) is 21.0. The molecule has 3 aromatic rings. The summed E-state index contributed by atoms with van der Waals surface area (Å²) in [7, 11) is 0. The average Bonchev–Trinajstić information content (AvgIpc) is 3.12. The quantitative estimate of drug-likeness (QED) is 0.548. The number of hydrogen-bond acceptors (Lipinski definition) is 2. The van der Waals surface area contributed by atoms with Crippen LogP contribution in [0.25, 0.3) is 22.4 Å². The molecule has 0 saturated heterocycles. The van der Waals surface area contributed by atoms with Gasteiger partial charge in [-0.05, 0) is 51.6 Å². The second-order valence-electron chi connectivity index (χ2n) is 11.0. The van der Waals surface area contributed by atoms with Gasteiger partial charge in [-0.25, -0.2) is 4.98 Å². The van der Waals surface area contributed by atoms with Gasteiger partial charge in [-0.1, -0.05) is 62.3 Å². The first-order valence-electron chi connectivity index (χ1n) is 11.3. The van der Waals surface area contributed by atoms with Gasteiger partial charge in [0, 0.05) is 11.1 Å². The monoisotopic (exact) mass is 393 g/mol. The first-order chi connectivity index (χ1) is 14.0. The lowest BCUT2D eigenvalue weighted by Crippen LogP contribution is -2.42. The maximum absolute atomic E-state index is 12.8. The Labute approximate surface area is 176 Å². The fourth-order valence-corrected chi connectivity index (χ4v) is 4.49. The van der Waals surface area contributed by atoms with E-state index in [-0.39, 0.29) is 27.2 Å². The highest BCUT2D eigenvalue weighted by Crippen LogP contribution is 2.61. The number of aromatic amines is 2. The molecule has 0 radical (unpaired) electrons. The van der Waals surface area contributed by atoms with Crippen molar-refractivity contribution >= 4 is 11.0 Å². The Hall–Kier alpha value is -2.36. The Morgan fingerprint density at radius 3 is 2.07 bits per heavy atom. The van der Waals surface area contributed by atoms with Crippen molar-refractivity contribution in [3.05, 3.63) is 51.4 Å². The van der Waals surface area contributed by atoms with E-state index in [9.17, 15) is 4.79 Å². The van der Waals surface area contributed by atoms with Gasteiger partial charge in [0.15, 0.2) is 0 Å². The largest absolute Gasteiger partial charge is 0.338 e. The smallest absolute Gasteiger partial charge is 0.259 e. The summed E-state index contributed by atoms with van der Waals surface area (Å²) in [5.74, 6) is 0.400. The third-order valence-corrected chi connectivity index (χ3v) is 7.79. The predicted molar refractivity (Wildman–Crippen MR) is 121 cm³/mol. The SMILES string of the molecule is [2H]c1c2c(c([2H])c3[nH]c(-c4ccc(C(C)(C)C)[nH]c4=O)nc13)C(C)(C)C(C)(C)C2(C)C. The van der Waals surface area contributed by atoms with Crippen LogP contribution in [0.3, 0.4) is 0 Å². The fraction of sp³-hybridized carbons (Fsp3) is 0.520. The highest BCUT2D eigenvalue weighted by Gasteiger charge is 2.56. The summed E-state index contributed by atoms with van der Waals surface area (Å²) in [5.41, 5.74) is 2.95. The number of rotatable bonds is 1. The van der Waals surface area contributed by atoms with Gasteiger partial charge >= 0.3 is 0 Å². The lowest BCUT2D eigenvalue weighted by molar-refractivity contribution is 0.125. The van der Waals surface area contributed by atoms with Crippen LogP contribution in [0.15, 0.2) is 29.0 Å². The number of benzene rings is 1. The Morgan fingerprint density at radius 2 is 1.52 bits per heavy atom. The molecular weight excluding hydrogens is 358 g/mol. The van der Waals surface area contributed by atoms with Crippen LogP contribution in [-0.2, 0) is 16.2 Å². The number of nitrogens with one attached hydrogen (secondary N) is 2. The van der Waals surface area contributed by atoms with Crippen molar-refractivity contribution in [1.29, 1.82) is 0 Å². The van der Waals surface area contributed by atoms with Crippen LogP contribution in [0.2, 0.25) is 0 Å². The molecule has 0 bridgehead atoms. The molecule has 1 aliphatic rings. The molecule has 2 N–H and O–H groups in total. The van der Waals surface area contributed by atoms with Crippen molar-refractivity contribution in [3.63, 3.8) is 0 Å². The van der Waals surface area contributed by atoms with Gasteiger partial charge in [-0.3, -0.25) is 4.79 Å². The Balaban J connectivity index is 2.00. The van der Waals surface area contributed by atoms with Crippen molar-refractivity contribution in [3.8, 4) is 11.4 Å². The van der Waals surface area contributed by atoms with E-state index in [1.165, 1.54) is 0 Å². The number of imidazole rings is 1. The van der Waals surface area contributed by atoms with Crippen LogP contribution in [0.4, 0.5) is 0 Å². The molecule has 0 fully saturated rings. The molecule has 1 aliphatic carbocycles. The lowest BCUT2D eigenvalue weighted by atomic mass is 9.59. The van der Waals surface area contributed by atoms with E-state index >= 15 is 0 Å². The first-order valence-corrected chi connectivity index (χ1v) is 10.3. The summed E-state index contributed by atoms with van der Waals surface area (Å²) in [6.45, 7) is 19.2. The highest BCUT2D eigenvalue weighted by molar-refractivity contribution is 5.82. The summed E-state index contributed by atoms with van der Waals surface area (Å²) in [6, 6.07) is 4.41. The molecule has 154 valence electrons. The van der Waals surface area contributed by atoms with Gasteiger partial charge in [-0.2, -0.15) is 0 Å². The number of H-pyrrole nitrogens is 2. The number of hydrogen-bond donors (Lipinski definition) is 2. The fourth-order valence-electron chi connectivity index (χ4n) is 4.49. The molecule has 0 amide bonds. The minimum Gasteiger partial charge on any atom is -0.338 e. The van der Waals surface area contributed by atoms with Gasteiger partial charge in [0.2, 0.25) is 0 Å². The standard InChI is InChI=1S/C25H33N3O/c1-22(2,3)19-11-10-14(21(29)28-19)20-26-17-12-15-16(13-18(17)27-20)24(6,7)25(8,9)23(15,4)5/h10-13H,1-9H3,(H,26,27)(H,28,29)/i12D,13D. The maximum Gasteiger partial charge on any atom is 0.259 e. The molecule has 4 nitrogen and oxygen atoms in total. The van der Waals surface area contributed by atoms with Crippen LogP contribution in [-0.4, -0.2) is 15.0 Å². The molecule has 4 rings (SSSR count). The predicted octanol–water partition coefficient (Wildman–Crippen LogP) is 5.81. The zero-order valence-corrected chi connectivity index (χ0v) is 19.0. The van der Waals surface area contributed by atoms with Crippen LogP contribution in [0, 0.1) is 5.41 Å². The molecule has 0 aliphatic heterocycles. The van der Waals surface area contributed by atoms with E-state index < -0.39 is 0 Å². The Morgan fingerprint density at radius 1 is 0.931 bits per heavy atom. The van der Waals surface area contributed by atoms with Gasteiger partial charge < -0.3 is 9.97 Å². The van der Waals surface area contributed by atoms with Crippen molar-refractivity contribution < 1.29 is 2.74 Å². The van der Waals surface area contributed by atoms with Crippen molar-refractivity contribution in [2.45, 2.75) is 78.6 Å². The Kier molecular flexibility index (Phi) is 3.39. The van der Waals surface area contributed by atoms with Crippen molar-refractivity contribution in [1.82, 2.24) is 15.0 Å². The number of aromatic nitrogens is 3. The number of nitrogens with zero attached hydrogens (tertiary/aromatic N) is 1. The number of pyridine rings is 1. The maximum atomic E-state index is 12.8.